The van der Waals surface area contributed by atoms with Crippen molar-refractivity contribution in [3.8, 4) is 0 Å². The lowest BCUT2D eigenvalue weighted by Crippen LogP contribution is -2.29. The van der Waals surface area contributed by atoms with Gasteiger partial charge in [0.15, 0.2) is 12.2 Å². The molecule has 0 aromatic rings. The van der Waals surface area contributed by atoms with Gasteiger partial charge < -0.3 is 28.4 Å². The van der Waals surface area contributed by atoms with Crippen molar-refractivity contribution in [2.75, 3.05) is 39.6 Å². The summed E-state index contributed by atoms with van der Waals surface area (Å²) in [5.41, 5.74) is 0.661. The Balaban J connectivity index is 1.66. The third kappa shape index (κ3) is 13.4. The Hall–Kier alpha value is -3.10. The highest BCUT2D eigenvalue weighted by molar-refractivity contribution is 5.87. The number of allylic oxidation sites excluding steroid dienone is 8. The Bertz CT molecular complexity index is 837. The van der Waals surface area contributed by atoms with E-state index >= 15 is 0 Å². The quantitative estimate of drug-likeness (QED) is 0.127. The van der Waals surface area contributed by atoms with Crippen molar-refractivity contribution in [3.05, 3.63) is 72.3 Å². The molecule has 2 aliphatic rings. The van der Waals surface area contributed by atoms with Gasteiger partial charge in [0, 0.05) is 37.2 Å². The summed E-state index contributed by atoms with van der Waals surface area (Å²) in [6, 6.07) is 0. The summed E-state index contributed by atoms with van der Waals surface area (Å²) < 4.78 is 34.0. The minimum atomic E-state index is -0.527. The lowest BCUT2D eigenvalue weighted by atomic mass is 10.2. The van der Waals surface area contributed by atoms with E-state index in [0.29, 0.717) is 24.4 Å². The molecule has 2 unspecified atom stereocenters. The smallest absolute Gasteiger partial charge is 0.333 e. The lowest BCUT2D eigenvalue weighted by molar-refractivity contribution is -0.151. The van der Waals surface area contributed by atoms with Crippen LogP contribution in [0.25, 0.3) is 0 Å². The van der Waals surface area contributed by atoms with Crippen molar-refractivity contribution >= 4 is 11.9 Å². The highest BCUT2D eigenvalue weighted by Gasteiger charge is 2.19. The minimum absolute atomic E-state index is 0.224. The Kier molecular flexibility index (Phi) is 14.9. The van der Waals surface area contributed by atoms with Crippen LogP contribution in [0.3, 0.4) is 0 Å². The second-order valence-electron chi connectivity index (χ2n) is 9.29. The summed E-state index contributed by atoms with van der Waals surface area (Å²) in [5.74, 6) is 0.808. The van der Waals surface area contributed by atoms with Gasteiger partial charge >= 0.3 is 11.9 Å². The van der Waals surface area contributed by atoms with E-state index in [0.717, 1.165) is 50.0 Å². The molecule has 0 saturated carbocycles. The van der Waals surface area contributed by atoms with Crippen molar-refractivity contribution in [1.29, 1.82) is 0 Å². The van der Waals surface area contributed by atoms with Crippen LogP contribution < -0.4 is 0 Å². The van der Waals surface area contributed by atoms with Gasteiger partial charge in [0.25, 0.3) is 0 Å². The standard InChI is InChI=1S/C30H42O8/c1-23(2)29(31)37-27(21-35-25-13-7-5-8-14-25)19-33-17-11-12-18-34-20-28(38-30(32)24(3)4)22-36-26-15-9-6-10-16-26/h5-7,9,13,15,27-28H,1,3,8,10-12,14,16-22H2,2,4H3. The van der Waals surface area contributed by atoms with Gasteiger partial charge in [0.1, 0.15) is 13.2 Å². The van der Waals surface area contributed by atoms with Crippen LogP contribution in [-0.4, -0.2) is 63.8 Å². The van der Waals surface area contributed by atoms with Crippen LogP contribution in [0.5, 0.6) is 0 Å². The van der Waals surface area contributed by atoms with Crippen molar-refractivity contribution in [3.63, 3.8) is 0 Å². The van der Waals surface area contributed by atoms with Crippen molar-refractivity contribution in [1.82, 2.24) is 0 Å². The van der Waals surface area contributed by atoms with Crippen LogP contribution in [-0.2, 0) is 38.0 Å². The molecule has 0 aliphatic heterocycles. The molecule has 0 N–H and O–H groups in total. The molecule has 2 atom stereocenters. The van der Waals surface area contributed by atoms with Crippen LogP contribution in [0.4, 0.5) is 0 Å². The fraction of sp³-hybridized carbons (Fsp3) is 0.533. The first-order valence-corrected chi connectivity index (χ1v) is 13.2. The maximum absolute atomic E-state index is 12.0. The molecule has 0 radical (unpaired) electrons. The Morgan fingerprint density at radius 1 is 0.737 bits per heavy atom. The molecule has 0 aromatic heterocycles. The van der Waals surface area contributed by atoms with Gasteiger partial charge in [0.2, 0.25) is 0 Å². The highest BCUT2D eigenvalue weighted by atomic mass is 16.6. The molecule has 8 nitrogen and oxygen atoms in total. The summed E-state index contributed by atoms with van der Waals surface area (Å²) in [5, 5.41) is 0. The van der Waals surface area contributed by atoms with E-state index < -0.39 is 24.1 Å². The van der Waals surface area contributed by atoms with Gasteiger partial charge in [-0.3, -0.25) is 0 Å². The molecule has 210 valence electrons. The van der Waals surface area contributed by atoms with Crippen LogP contribution in [0.2, 0.25) is 0 Å². The number of hydrogen-bond donors (Lipinski definition) is 0. The van der Waals surface area contributed by atoms with Crippen molar-refractivity contribution in [2.24, 2.45) is 0 Å². The number of rotatable bonds is 19. The minimum Gasteiger partial charge on any atom is -0.494 e. The summed E-state index contributed by atoms with van der Waals surface area (Å²) >= 11 is 0. The predicted octanol–water partition coefficient (Wildman–Crippen LogP) is 5.28. The second-order valence-corrected chi connectivity index (χ2v) is 9.29. The van der Waals surface area contributed by atoms with E-state index in [1.807, 2.05) is 24.3 Å². The van der Waals surface area contributed by atoms with Gasteiger partial charge in [0.05, 0.1) is 24.7 Å². The van der Waals surface area contributed by atoms with Crippen LogP contribution in [0, 0.1) is 0 Å². The highest BCUT2D eigenvalue weighted by Crippen LogP contribution is 2.15. The summed E-state index contributed by atoms with van der Waals surface area (Å²) in [6.07, 6.45) is 15.9. The van der Waals surface area contributed by atoms with E-state index in [-0.39, 0.29) is 26.4 Å². The van der Waals surface area contributed by atoms with E-state index in [1.54, 1.807) is 13.8 Å². The SMILES string of the molecule is C=C(C)C(=O)OC(COCCCCOCC(COC1=CC=CCC1)OC(=O)C(=C)C)COC1=CC=CCC1. The molecule has 2 rings (SSSR count). The van der Waals surface area contributed by atoms with E-state index in [1.165, 1.54) is 0 Å². The summed E-state index contributed by atoms with van der Waals surface area (Å²) in [6.45, 7) is 12.3. The number of hydrogen-bond acceptors (Lipinski definition) is 8. The first-order valence-electron chi connectivity index (χ1n) is 13.2. The number of ether oxygens (including phenoxy) is 6. The van der Waals surface area contributed by atoms with Crippen LogP contribution in [0.1, 0.15) is 52.4 Å². The van der Waals surface area contributed by atoms with E-state index in [2.05, 4.69) is 25.3 Å². The van der Waals surface area contributed by atoms with Gasteiger partial charge in [-0.1, -0.05) is 37.5 Å². The maximum Gasteiger partial charge on any atom is 0.333 e. The zero-order valence-corrected chi connectivity index (χ0v) is 22.8. The number of carbonyl (C=O) groups excluding carboxylic acids is 2. The average Bonchev–Trinajstić information content (AvgIpc) is 2.92. The topological polar surface area (TPSA) is 89.5 Å². The molecular weight excluding hydrogens is 488 g/mol. The third-order valence-electron chi connectivity index (χ3n) is 5.54. The second kappa shape index (κ2) is 18.2. The fourth-order valence-corrected chi connectivity index (χ4v) is 3.38. The Labute approximate surface area is 226 Å². The van der Waals surface area contributed by atoms with Crippen molar-refractivity contribution < 1.29 is 38.0 Å². The Morgan fingerprint density at radius 2 is 1.16 bits per heavy atom. The molecule has 0 aromatic carbocycles. The summed E-state index contributed by atoms with van der Waals surface area (Å²) in [4.78, 5) is 24.0. The number of carbonyl (C=O) groups is 2. The third-order valence-corrected chi connectivity index (χ3v) is 5.54. The summed E-state index contributed by atoms with van der Waals surface area (Å²) in [7, 11) is 0. The van der Waals surface area contributed by atoms with Gasteiger partial charge in [-0.2, -0.15) is 0 Å². The predicted molar refractivity (Wildman–Crippen MR) is 145 cm³/mol. The molecule has 38 heavy (non-hydrogen) atoms. The average molecular weight is 531 g/mol. The first kappa shape index (κ1) is 31.1. The Morgan fingerprint density at radius 3 is 1.50 bits per heavy atom. The molecule has 0 heterocycles. The van der Waals surface area contributed by atoms with Gasteiger partial charge in [-0.15, -0.1) is 0 Å². The molecule has 2 aliphatic carbocycles. The number of unbranched alkanes of at least 4 members (excludes halogenated alkanes) is 1. The zero-order chi connectivity index (χ0) is 27.6. The van der Waals surface area contributed by atoms with Crippen LogP contribution in [0.15, 0.2) is 72.3 Å². The molecule has 0 fully saturated rings. The van der Waals surface area contributed by atoms with Gasteiger partial charge in [-0.05, 0) is 51.7 Å². The van der Waals surface area contributed by atoms with E-state index in [4.69, 9.17) is 28.4 Å². The zero-order valence-electron chi connectivity index (χ0n) is 22.8. The van der Waals surface area contributed by atoms with Crippen LogP contribution >= 0.6 is 0 Å². The molecular formula is C30H42O8. The molecule has 8 heteroatoms. The van der Waals surface area contributed by atoms with Gasteiger partial charge in [-0.25, -0.2) is 9.59 Å². The first-order chi connectivity index (χ1) is 18.3. The molecule has 0 saturated heterocycles. The van der Waals surface area contributed by atoms with Crippen molar-refractivity contribution in [2.45, 2.75) is 64.6 Å². The maximum atomic E-state index is 12.0. The monoisotopic (exact) mass is 530 g/mol. The molecule has 0 bridgehead atoms. The van der Waals surface area contributed by atoms with E-state index in [9.17, 15) is 9.59 Å². The normalized spacial score (nSPS) is 16.1. The molecule has 0 spiro atoms. The number of esters is 2. The largest absolute Gasteiger partial charge is 0.494 e. The molecule has 0 amide bonds. The fourth-order valence-electron chi connectivity index (χ4n) is 3.38. The lowest BCUT2D eigenvalue weighted by Gasteiger charge is -2.21.